The molecule has 2 aromatic rings. The van der Waals surface area contributed by atoms with Crippen LogP contribution in [0.15, 0.2) is 46.7 Å². The predicted octanol–water partition coefficient (Wildman–Crippen LogP) is 3.09. The van der Waals surface area contributed by atoms with E-state index < -0.39 is 0 Å². The van der Waals surface area contributed by atoms with E-state index in [2.05, 4.69) is 9.97 Å². The van der Waals surface area contributed by atoms with Crippen LogP contribution in [0.5, 0.6) is 0 Å². The number of nitrogens with zero attached hydrogens (tertiary/aromatic N) is 2. The zero-order valence-corrected chi connectivity index (χ0v) is 9.70. The minimum atomic E-state index is 0.441. The third kappa shape index (κ3) is 2.59. The Morgan fingerprint density at radius 2 is 2.00 bits per heavy atom. The highest BCUT2D eigenvalue weighted by molar-refractivity contribution is 7.99. The van der Waals surface area contributed by atoms with Gasteiger partial charge in [-0.1, -0.05) is 11.6 Å². The number of hydrogen-bond acceptors (Lipinski definition) is 4. The normalized spacial score (nSPS) is 10.1. The smallest absolute Gasteiger partial charge is 0.192 e. The molecule has 0 atom stereocenters. The van der Waals surface area contributed by atoms with Gasteiger partial charge in [0.2, 0.25) is 0 Å². The maximum atomic E-state index is 10.6. The van der Waals surface area contributed by atoms with Crippen LogP contribution in [0.25, 0.3) is 0 Å². The summed E-state index contributed by atoms with van der Waals surface area (Å²) in [4.78, 5) is 19.7. The molecule has 0 radical (unpaired) electrons. The van der Waals surface area contributed by atoms with Gasteiger partial charge in [-0.15, -0.1) is 0 Å². The Hall–Kier alpha value is -1.39. The van der Waals surface area contributed by atoms with Crippen molar-refractivity contribution in [1.29, 1.82) is 0 Å². The summed E-state index contributed by atoms with van der Waals surface area (Å²) in [6.07, 6.45) is 4.09. The van der Waals surface area contributed by atoms with E-state index in [0.717, 1.165) is 11.2 Å². The molecule has 0 spiro atoms. The summed E-state index contributed by atoms with van der Waals surface area (Å²) >= 11 is 7.31. The largest absolute Gasteiger partial charge is 0.298 e. The molecule has 0 amide bonds. The van der Waals surface area contributed by atoms with Gasteiger partial charge in [-0.05, 0) is 36.0 Å². The van der Waals surface area contributed by atoms with Crippen LogP contribution in [0, 0.1) is 0 Å². The third-order valence-electron chi connectivity index (χ3n) is 1.85. The van der Waals surface area contributed by atoms with Crippen LogP contribution >= 0.6 is 23.4 Å². The van der Waals surface area contributed by atoms with Crippen molar-refractivity contribution in [2.24, 2.45) is 0 Å². The van der Waals surface area contributed by atoms with Gasteiger partial charge >= 0.3 is 0 Å². The Morgan fingerprint density at radius 1 is 1.25 bits per heavy atom. The van der Waals surface area contributed by atoms with E-state index in [1.807, 2.05) is 6.07 Å². The maximum absolute atomic E-state index is 10.6. The summed E-state index contributed by atoms with van der Waals surface area (Å²) in [5, 5.41) is 1.09. The van der Waals surface area contributed by atoms with Crippen molar-refractivity contribution in [1.82, 2.24) is 9.97 Å². The molecule has 3 nitrogen and oxygen atoms in total. The van der Waals surface area contributed by atoms with Gasteiger partial charge in [0.25, 0.3) is 0 Å². The summed E-state index contributed by atoms with van der Waals surface area (Å²) in [6, 6.07) is 6.98. The van der Waals surface area contributed by atoms with Crippen molar-refractivity contribution in [2.45, 2.75) is 10.1 Å². The van der Waals surface area contributed by atoms with Crippen LogP contribution in [0.1, 0.15) is 10.4 Å². The average molecular weight is 251 g/mol. The summed E-state index contributed by atoms with van der Waals surface area (Å²) in [5.41, 5.74) is 0.486. The Balaban J connectivity index is 2.23. The molecule has 1 aromatic carbocycles. The molecule has 0 saturated heterocycles. The molecule has 16 heavy (non-hydrogen) atoms. The number of hydrogen-bond donors (Lipinski definition) is 0. The van der Waals surface area contributed by atoms with Gasteiger partial charge in [-0.2, -0.15) is 0 Å². The molecule has 0 aliphatic carbocycles. The fourth-order valence-corrected chi connectivity index (χ4v) is 2.15. The first kappa shape index (κ1) is 11.1. The van der Waals surface area contributed by atoms with Gasteiger partial charge in [0.15, 0.2) is 11.4 Å². The molecule has 1 heterocycles. The molecule has 1 aromatic heterocycles. The minimum absolute atomic E-state index is 0.441. The van der Waals surface area contributed by atoms with Crippen LogP contribution in [0.3, 0.4) is 0 Å². The van der Waals surface area contributed by atoms with E-state index in [9.17, 15) is 4.79 Å². The van der Waals surface area contributed by atoms with Crippen molar-refractivity contribution in [2.75, 3.05) is 0 Å². The molecular formula is C11H7ClN2OS. The van der Waals surface area contributed by atoms with Crippen molar-refractivity contribution in [3.05, 3.63) is 47.2 Å². The Kier molecular flexibility index (Phi) is 3.54. The molecule has 0 aliphatic rings. The monoisotopic (exact) mass is 250 g/mol. The number of aldehydes is 1. The fraction of sp³-hybridized carbons (Fsp3) is 0. The van der Waals surface area contributed by atoms with Crippen LogP contribution in [0.4, 0.5) is 0 Å². The van der Waals surface area contributed by atoms with Crippen LogP contribution < -0.4 is 0 Å². The number of halogens is 1. The topological polar surface area (TPSA) is 42.9 Å². The lowest BCUT2D eigenvalue weighted by Crippen LogP contribution is -1.85. The molecule has 0 aliphatic heterocycles. The summed E-state index contributed by atoms with van der Waals surface area (Å²) < 4.78 is 0. The van der Waals surface area contributed by atoms with Crippen molar-refractivity contribution >= 4 is 29.6 Å². The molecule has 0 fully saturated rings. The fourth-order valence-electron chi connectivity index (χ4n) is 1.11. The van der Waals surface area contributed by atoms with E-state index in [0.29, 0.717) is 15.7 Å². The lowest BCUT2D eigenvalue weighted by molar-refractivity contribution is 0.112. The van der Waals surface area contributed by atoms with E-state index in [1.165, 1.54) is 11.8 Å². The highest BCUT2D eigenvalue weighted by Gasteiger charge is 2.03. The number of benzene rings is 1. The first-order valence-corrected chi connectivity index (χ1v) is 5.68. The zero-order chi connectivity index (χ0) is 11.4. The number of aromatic nitrogens is 2. The quantitative estimate of drug-likeness (QED) is 0.620. The zero-order valence-electron chi connectivity index (χ0n) is 8.13. The van der Waals surface area contributed by atoms with Crippen LogP contribution in [-0.4, -0.2) is 16.3 Å². The summed E-state index contributed by atoms with van der Waals surface area (Å²) in [5.74, 6) is 0. The molecular weight excluding hydrogens is 244 g/mol. The summed E-state index contributed by atoms with van der Waals surface area (Å²) in [7, 11) is 0. The number of carbonyl (C=O) groups excluding carboxylic acids is 1. The Morgan fingerprint density at radius 3 is 2.62 bits per heavy atom. The van der Waals surface area contributed by atoms with Gasteiger partial charge in [-0.3, -0.25) is 4.79 Å². The second-order valence-electron chi connectivity index (χ2n) is 2.93. The van der Waals surface area contributed by atoms with Gasteiger partial charge in [0, 0.05) is 22.9 Å². The van der Waals surface area contributed by atoms with Crippen LogP contribution in [-0.2, 0) is 0 Å². The van der Waals surface area contributed by atoms with Gasteiger partial charge in [0.05, 0.1) is 5.02 Å². The number of rotatable bonds is 3. The summed E-state index contributed by atoms with van der Waals surface area (Å²) in [6.45, 7) is 0. The second kappa shape index (κ2) is 5.09. The minimum Gasteiger partial charge on any atom is -0.298 e. The van der Waals surface area contributed by atoms with Gasteiger partial charge in [0.1, 0.15) is 0 Å². The van der Waals surface area contributed by atoms with E-state index in [-0.39, 0.29) is 0 Å². The first-order valence-electron chi connectivity index (χ1n) is 4.49. The van der Waals surface area contributed by atoms with Crippen molar-refractivity contribution in [3.8, 4) is 0 Å². The molecule has 80 valence electrons. The highest BCUT2D eigenvalue weighted by atomic mass is 35.5. The number of carbonyl (C=O) groups is 1. The van der Waals surface area contributed by atoms with E-state index >= 15 is 0 Å². The molecule has 0 bridgehead atoms. The molecule has 2 rings (SSSR count). The SMILES string of the molecule is O=Cc1ccc(Sc2ncccn2)cc1Cl. The first-order chi connectivity index (χ1) is 7.79. The highest BCUT2D eigenvalue weighted by Crippen LogP contribution is 2.27. The van der Waals surface area contributed by atoms with E-state index in [4.69, 9.17) is 11.6 Å². The van der Waals surface area contributed by atoms with Gasteiger partial charge < -0.3 is 0 Å². The Labute approximate surface area is 102 Å². The van der Waals surface area contributed by atoms with Crippen molar-refractivity contribution in [3.63, 3.8) is 0 Å². The van der Waals surface area contributed by atoms with Crippen molar-refractivity contribution < 1.29 is 4.79 Å². The standard InChI is InChI=1S/C11H7ClN2OS/c12-10-6-9(3-2-8(10)7-15)16-11-13-4-1-5-14-11/h1-7H. The van der Waals surface area contributed by atoms with E-state index in [1.54, 1.807) is 30.6 Å². The maximum Gasteiger partial charge on any atom is 0.192 e. The second-order valence-corrected chi connectivity index (χ2v) is 4.38. The third-order valence-corrected chi connectivity index (χ3v) is 3.06. The van der Waals surface area contributed by atoms with Gasteiger partial charge in [-0.25, -0.2) is 9.97 Å². The molecule has 0 N–H and O–H groups in total. The predicted molar refractivity (Wildman–Crippen MR) is 63.0 cm³/mol. The Bertz CT molecular complexity index is 505. The molecule has 5 heteroatoms. The lowest BCUT2D eigenvalue weighted by Gasteiger charge is -2.01. The molecule has 0 unspecified atom stereocenters. The van der Waals surface area contributed by atoms with Crippen LogP contribution in [0.2, 0.25) is 5.02 Å². The average Bonchev–Trinajstić information content (AvgIpc) is 2.31. The molecule has 0 saturated carbocycles. The lowest BCUT2D eigenvalue weighted by atomic mass is 10.2.